The number of nitrogens with zero attached hydrogens (tertiary/aromatic N) is 2. The molecular weight excluding hydrogens is 300 g/mol. The first-order chi connectivity index (χ1) is 11.8. The summed E-state index contributed by atoms with van der Waals surface area (Å²) in [6, 6.07) is 14.0. The van der Waals surface area contributed by atoms with E-state index in [1.165, 1.54) is 29.7 Å². The average molecular weight is 324 g/mol. The van der Waals surface area contributed by atoms with E-state index < -0.39 is 0 Å². The van der Waals surface area contributed by atoms with Crippen LogP contribution in [0.15, 0.2) is 42.6 Å². The summed E-state index contributed by atoms with van der Waals surface area (Å²) in [6.07, 6.45) is 5.54. The molecule has 0 spiro atoms. The number of aromatic nitrogens is 1. The number of ether oxygens (including phenoxy) is 2. The molecule has 126 valence electrons. The minimum absolute atomic E-state index is 0.532. The van der Waals surface area contributed by atoms with Crippen molar-refractivity contribution in [3.8, 4) is 5.75 Å². The Balaban J connectivity index is 1.44. The number of benzene rings is 1. The molecule has 4 heteroatoms. The van der Waals surface area contributed by atoms with Crippen LogP contribution in [0.25, 0.3) is 0 Å². The van der Waals surface area contributed by atoms with Crippen molar-refractivity contribution in [3.63, 3.8) is 0 Å². The van der Waals surface area contributed by atoms with Crippen LogP contribution in [0.3, 0.4) is 0 Å². The largest absolute Gasteiger partial charge is 0.491 e. The van der Waals surface area contributed by atoms with Crippen molar-refractivity contribution >= 4 is 0 Å². The maximum absolute atomic E-state index is 5.65. The molecule has 0 amide bonds. The number of fused-ring (bicyclic) bond motifs is 4. The zero-order valence-corrected chi connectivity index (χ0v) is 14.1. The van der Waals surface area contributed by atoms with Gasteiger partial charge in [-0.25, -0.2) is 0 Å². The first-order valence-electron chi connectivity index (χ1n) is 8.75. The van der Waals surface area contributed by atoms with E-state index in [9.17, 15) is 0 Å². The van der Waals surface area contributed by atoms with Crippen LogP contribution in [0.5, 0.6) is 5.75 Å². The monoisotopic (exact) mass is 324 g/mol. The molecule has 0 unspecified atom stereocenters. The van der Waals surface area contributed by atoms with E-state index in [1.54, 1.807) is 7.11 Å². The Morgan fingerprint density at radius 3 is 2.83 bits per heavy atom. The second-order valence-corrected chi connectivity index (χ2v) is 6.65. The van der Waals surface area contributed by atoms with Gasteiger partial charge in [0, 0.05) is 44.0 Å². The summed E-state index contributed by atoms with van der Waals surface area (Å²) >= 11 is 0. The number of rotatable bonds is 6. The topological polar surface area (TPSA) is 34.6 Å². The summed E-state index contributed by atoms with van der Waals surface area (Å²) < 4.78 is 10.7. The third-order valence-electron chi connectivity index (χ3n) is 5.20. The SMILES string of the molecule is COCCOc1ccc(CN2[C@@H]3CC[C@@H]2c2cccnc2C3)cc1. The third kappa shape index (κ3) is 3.04. The summed E-state index contributed by atoms with van der Waals surface area (Å²) in [5.41, 5.74) is 4.09. The van der Waals surface area contributed by atoms with Crippen molar-refractivity contribution in [2.75, 3.05) is 20.3 Å². The second kappa shape index (κ2) is 6.91. The molecule has 2 aliphatic heterocycles. The van der Waals surface area contributed by atoms with Crippen molar-refractivity contribution in [2.24, 2.45) is 0 Å². The van der Waals surface area contributed by atoms with Gasteiger partial charge in [0.25, 0.3) is 0 Å². The van der Waals surface area contributed by atoms with Gasteiger partial charge in [0.2, 0.25) is 0 Å². The molecule has 0 N–H and O–H groups in total. The highest BCUT2D eigenvalue weighted by Gasteiger charge is 2.39. The molecule has 4 nitrogen and oxygen atoms in total. The highest BCUT2D eigenvalue weighted by Crippen LogP contribution is 2.43. The molecule has 3 heterocycles. The van der Waals surface area contributed by atoms with E-state index in [1.807, 2.05) is 6.20 Å². The summed E-state index contributed by atoms with van der Waals surface area (Å²) in [5.74, 6) is 0.909. The smallest absolute Gasteiger partial charge is 0.119 e. The molecule has 2 aliphatic rings. The number of hydrogen-bond acceptors (Lipinski definition) is 4. The van der Waals surface area contributed by atoms with E-state index in [2.05, 4.69) is 46.3 Å². The van der Waals surface area contributed by atoms with Gasteiger partial charge in [-0.2, -0.15) is 0 Å². The lowest BCUT2D eigenvalue weighted by Gasteiger charge is -2.35. The van der Waals surface area contributed by atoms with Gasteiger partial charge in [0.15, 0.2) is 0 Å². The molecule has 1 aromatic carbocycles. The Morgan fingerprint density at radius 2 is 2.00 bits per heavy atom. The molecule has 1 aromatic heterocycles. The molecule has 4 rings (SSSR count). The Morgan fingerprint density at radius 1 is 1.12 bits per heavy atom. The van der Waals surface area contributed by atoms with E-state index in [0.29, 0.717) is 25.3 Å². The predicted molar refractivity (Wildman–Crippen MR) is 93.1 cm³/mol. The quantitative estimate of drug-likeness (QED) is 0.763. The van der Waals surface area contributed by atoms with Crippen LogP contribution in [-0.4, -0.2) is 36.2 Å². The van der Waals surface area contributed by atoms with Crippen molar-refractivity contribution in [2.45, 2.75) is 37.9 Å². The fraction of sp³-hybridized carbons (Fsp3) is 0.450. The first-order valence-corrected chi connectivity index (χ1v) is 8.75. The lowest BCUT2D eigenvalue weighted by atomic mass is 9.97. The van der Waals surface area contributed by atoms with Gasteiger partial charge in [0.05, 0.1) is 6.61 Å². The maximum Gasteiger partial charge on any atom is 0.119 e. The summed E-state index contributed by atoms with van der Waals surface area (Å²) in [5, 5.41) is 0. The molecule has 2 aromatic rings. The third-order valence-corrected chi connectivity index (χ3v) is 5.20. The Kier molecular flexibility index (Phi) is 4.50. The van der Waals surface area contributed by atoms with Crippen molar-refractivity contribution < 1.29 is 9.47 Å². The Bertz CT molecular complexity index is 686. The lowest BCUT2D eigenvalue weighted by molar-refractivity contribution is 0.146. The standard InChI is InChI=1S/C20H24N2O2/c1-23-11-12-24-17-7-4-15(5-8-17)14-22-16-6-9-20(22)18-3-2-10-21-19(18)13-16/h2-5,7-8,10,16,20H,6,9,11-14H2,1H3/t16-,20-/m1/s1. The highest BCUT2D eigenvalue weighted by molar-refractivity contribution is 5.32. The van der Waals surface area contributed by atoms with Gasteiger partial charge in [-0.15, -0.1) is 0 Å². The van der Waals surface area contributed by atoms with E-state index >= 15 is 0 Å². The molecule has 0 aliphatic carbocycles. The van der Waals surface area contributed by atoms with Gasteiger partial charge >= 0.3 is 0 Å². The number of methoxy groups -OCH3 is 1. The normalized spacial score (nSPS) is 22.4. The minimum atomic E-state index is 0.532. The van der Waals surface area contributed by atoms with Crippen molar-refractivity contribution in [1.82, 2.24) is 9.88 Å². The van der Waals surface area contributed by atoms with Crippen LogP contribution in [0.2, 0.25) is 0 Å². The fourth-order valence-electron chi connectivity index (χ4n) is 4.02. The van der Waals surface area contributed by atoms with Gasteiger partial charge < -0.3 is 9.47 Å². The summed E-state index contributed by atoms with van der Waals surface area (Å²) in [4.78, 5) is 7.25. The van der Waals surface area contributed by atoms with Crippen LogP contribution >= 0.6 is 0 Å². The molecule has 1 saturated heterocycles. The molecule has 0 saturated carbocycles. The Labute approximate surface area is 143 Å². The van der Waals surface area contributed by atoms with E-state index in [0.717, 1.165) is 18.7 Å². The molecule has 1 fully saturated rings. The summed E-state index contributed by atoms with van der Waals surface area (Å²) in [7, 11) is 1.69. The van der Waals surface area contributed by atoms with Crippen LogP contribution < -0.4 is 4.74 Å². The Hall–Kier alpha value is -1.91. The van der Waals surface area contributed by atoms with Gasteiger partial charge in [0.1, 0.15) is 12.4 Å². The van der Waals surface area contributed by atoms with Crippen LogP contribution in [0.4, 0.5) is 0 Å². The fourth-order valence-corrected chi connectivity index (χ4v) is 4.02. The van der Waals surface area contributed by atoms with Gasteiger partial charge in [-0.1, -0.05) is 18.2 Å². The molecule has 2 bridgehead atoms. The van der Waals surface area contributed by atoms with Crippen LogP contribution in [0.1, 0.15) is 35.7 Å². The van der Waals surface area contributed by atoms with E-state index in [-0.39, 0.29) is 0 Å². The van der Waals surface area contributed by atoms with Crippen LogP contribution in [-0.2, 0) is 17.7 Å². The molecule has 0 radical (unpaired) electrons. The van der Waals surface area contributed by atoms with Crippen molar-refractivity contribution in [3.05, 3.63) is 59.4 Å². The summed E-state index contributed by atoms with van der Waals surface area (Å²) in [6.45, 7) is 2.21. The number of pyridine rings is 1. The molecule has 24 heavy (non-hydrogen) atoms. The van der Waals surface area contributed by atoms with Crippen LogP contribution in [0, 0.1) is 0 Å². The van der Waals surface area contributed by atoms with E-state index in [4.69, 9.17) is 9.47 Å². The minimum Gasteiger partial charge on any atom is -0.491 e. The molecular formula is C20H24N2O2. The second-order valence-electron chi connectivity index (χ2n) is 6.65. The zero-order valence-electron chi connectivity index (χ0n) is 14.1. The first kappa shape index (κ1) is 15.6. The average Bonchev–Trinajstić information content (AvgIpc) is 2.89. The predicted octanol–water partition coefficient (Wildman–Crippen LogP) is 3.37. The van der Waals surface area contributed by atoms with Crippen molar-refractivity contribution in [1.29, 1.82) is 0 Å². The number of hydrogen-bond donors (Lipinski definition) is 0. The maximum atomic E-state index is 5.65. The molecule has 2 atom stereocenters. The van der Waals surface area contributed by atoms with Gasteiger partial charge in [-0.3, -0.25) is 9.88 Å². The lowest BCUT2D eigenvalue weighted by Crippen LogP contribution is -2.37. The highest BCUT2D eigenvalue weighted by atomic mass is 16.5. The van der Waals surface area contributed by atoms with Gasteiger partial charge in [-0.05, 0) is 42.2 Å². The zero-order chi connectivity index (χ0) is 16.4.